The van der Waals surface area contributed by atoms with E-state index in [4.69, 9.17) is 4.74 Å². The first-order chi connectivity index (χ1) is 13.8. The first-order valence-corrected chi connectivity index (χ1v) is 11.8. The van der Waals surface area contributed by atoms with Crippen LogP contribution in [0.25, 0.3) is 11.1 Å². The van der Waals surface area contributed by atoms with Gasteiger partial charge in [-0.25, -0.2) is 0 Å². The van der Waals surface area contributed by atoms with Crippen LogP contribution in [0, 0.1) is 0 Å². The SMILES string of the molecule is CCOc1cc(C2=CCCCC2)c2c(c1)C1=C(CCCC1)C1(CCCCC1)N2. The van der Waals surface area contributed by atoms with Crippen molar-refractivity contribution in [2.24, 2.45) is 0 Å². The highest BCUT2D eigenvalue weighted by atomic mass is 16.5. The van der Waals surface area contributed by atoms with Gasteiger partial charge in [-0.3, -0.25) is 0 Å². The lowest BCUT2D eigenvalue weighted by molar-refractivity contribution is 0.339. The first-order valence-electron chi connectivity index (χ1n) is 11.8. The number of benzene rings is 1. The van der Waals surface area contributed by atoms with Gasteiger partial charge in [0.2, 0.25) is 0 Å². The zero-order valence-electron chi connectivity index (χ0n) is 17.5. The van der Waals surface area contributed by atoms with Crippen molar-refractivity contribution < 1.29 is 4.74 Å². The molecular formula is C26H35NO. The largest absolute Gasteiger partial charge is 0.494 e. The molecule has 0 bridgehead atoms. The quantitative estimate of drug-likeness (QED) is 0.589. The minimum absolute atomic E-state index is 0.234. The molecule has 0 amide bonds. The molecule has 28 heavy (non-hydrogen) atoms. The van der Waals surface area contributed by atoms with E-state index in [1.807, 2.05) is 0 Å². The number of hydrogen-bond donors (Lipinski definition) is 1. The van der Waals surface area contributed by atoms with Crippen molar-refractivity contribution in [3.05, 3.63) is 34.9 Å². The minimum atomic E-state index is 0.234. The molecule has 150 valence electrons. The number of allylic oxidation sites excluding steroid dienone is 3. The molecule has 2 heteroatoms. The second-order valence-electron chi connectivity index (χ2n) is 9.23. The van der Waals surface area contributed by atoms with Crippen LogP contribution in [-0.4, -0.2) is 12.1 Å². The summed E-state index contributed by atoms with van der Waals surface area (Å²) >= 11 is 0. The highest BCUT2D eigenvalue weighted by Crippen LogP contribution is 2.53. The number of anilines is 1. The average Bonchev–Trinajstić information content (AvgIpc) is 2.76. The highest BCUT2D eigenvalue weighted by molar-refractivity contribution is 5.92. The Hall–Kier alpha value is -1.70. The number of ether oxygens (including phenoxy) is 1. The van der Waals surface area contributed by atoms with E-state index >= 15 is 0 Å². The lowest BCUT2D eigenvalue weighted by Gasteiger charge is -2.48. The Morgan fingerprint density at radius 3 is 2.46 bits per heavy atom. The van der Waals surface area contributed by atoms with Crippen molar-refractivity contribution in [3.8, 4) is 5.75 Å². The van der Waals surface area contributed by atoms with Gasteiger partial charge in [-0.1, -0.05) is 25.3 Å². The van der Waals surface area contributed by atoms with Gasteiger partial charge in [0.1, 0.15) is 5.75 Å². The molecule has 1 spiro atoms. The van der Waals surface area contributed by atoms with E-state index in [0.29, 0.717) is 0 Å². The second kappa shape index (κ2) is 7.61. The van der Waals surface area contributed by atoms with E-state index in [9.17, 15) is 0 Å². The van der Waals surface area contributed by atoms with Crippen molar-refractivity contribution in [2.75, 3.05) is 11.9 Å². The number of fused-ring (bicyclic) bond motifs is 3. The summed E-state index contributed by atoms with van der Waals surface area (Å²) in [5.41, 5.74) is 9.52. The van der Waals surface area contributed by atoms with Crippen LogP contribution in [-0.2, 0) is 0 Å². The summed E-state index contributed by atoms with van der Waals surface area (Å²) < 4.78 is 6.04. The summed E-state index contributed by atoms with van der Waals surface area (Å²) in [6, 6.07) is 4.67. The first kappa shape index (κ1) is 18.3. The Morgan fingerprint density at radius 1 is 0.893 bits per heavy atom. The van der Waals surface area contributed by atoms with Gasteiger partial charge in [0, 0.05) is 11.1 Å². The molecule has 1 aromatic carbocycles. The lowest BCUT2D eigenvalue weighted by Crippen LogP contribution is -2.45. The number of hydrogen-bond acceptors (Lipinski definition) is 2. The summed E-state index contributed by atoms with van der Waals surface area (Å²) in [7, 11) is 0. The maximum Gasteiger partial charge on any atom is 0.120 e. The van der Waals surface area contributed by atoms with Crippen LogP contribution in [0.1, 0.15) is 102 Å². The molecule has 0 saturated heterocycles. The van der Waals surface area contributed by atoms with Gasteiger partial charge < -0.3 is 10.1 Å². The molecule has 0 atom stereocenters. The van der Waals surface area contributed by atoms with Crippen LogP contribution in [0.15, 0.2) is 23.8 Å². The highest BCUT2D eigenvalue weighted by Gasteiger charge is 2.42. The molecule has 0 unspecified atom stereocenters. The third-order valence-electron chi connectivity index (χ3n) is 7.50. The number of rotatable bonds is 3. The van der Waals surface area contributed by atoms with Gasteiger partial charge in [0.15, 0.2) is 0 Å². The molecule has 2 nitrogen and oxygen atoms in total. The zero-order chi connectivity index (χ0) is 19.0. The fourth-order valence-electron chi connectivity index (χ4n) is 6.20. The molecular weight excluding hydrogens is 342 g/mol. The zero-order valence-corrected chi connectivity index (χ0v) is 17.5. The third-order valence-corrected chi connectivity index (χ3v) is 7.50. The van der Waals surface area contributed by atoms with Crippen molar-refractivity contribution in [1.29, 1.82) is 0 Å². The van der Waals surface area contributed by atoms with E-state index in [1.165, 1.54) is 100 Å². The van der Waals surface area contributed by atoms with Crippen LogP contribution in [0.4, 0.5) is 5.69 Å². The summed E-state index contributed by atoms with van der Waals surface area (Å²) in [6.45, 7) is 2.83. The van der Waals surface area contributed by atoms with Gasteiger partial charge in [0.25, 0.3) is 0 Å². The van der Waals surface area contributed by atoms with Crippen LogP contribution < -0.4 is 10.1 Å². The van der Waals surface area contributed by atoms with Crippen molar-refractivity contribution in [1.82, 2.24) is 0 Å². The fraction of sp³-hybridized carbons (Fsp3) is 0.615. The Balaban J connectivity index is 1.70. The van der Waals surface area contributed by atoms with Crippen LogP contribution >= 0.6 is 0 Å². The molecule has 0 aromatic heterocycles. The van der Waals surface area contributed by atoms with Gasteiger partial charge in [-0.15, -0.1) is 0 Å². The standard InChI is InChI=1S/C26H35NO/c1-2-28-20-17-22(19-11-5-3-6-12-19)25-23(18-20)21-13-7-8-14-24(21)26(27-25)15-9-4-10-16-26/h11,17-18,27H,2-10,12-16H2,1H3. The lowest BCUT2D eigenvalue weighted by atomic mass is 9.67. The summed E-state index contributed by atoms with van der Waals surface area (Å²) in [4.78, 5) is 0. The van der Waals surface area contributed by atoms with Gasteiger partial charge in [-0.2, -0.15) is 0 Å². The van der Waals surface area contributed by atoms with Gasteiger partial charge in [-0.05, 0) is 100.0 Å². The van der Waals surface area contributed by atoms with Gasteiger partial charge >= 0.3 is 0 Å². The van der Waals surface area contributed by atoms with E-state index in [1.54, 1.807) is 16.7 Å². The predicted molar refractivity (Wildman–Crippen MR) is 119 cm³/mol. The molecule has 5 rings (SSSR count). The Morgan fingerprint density at radius 2 is 1.68 bits per heavy atom. The van der Waals surface area contributed by atoms with Crippen molar-refractivity contribution in [3.63, 3.8) is 0 Å². The van der Waals surface area contributed by atoms with Crippen LogP contribution in [0.2, 0.25) is 0 Å². The molecule has 1 fully saturated rings. The van der Waals surface area contributed by atoms with E-state index in [-0.39, 0.29) is 5.54 Å². The molecule has 1 saturated carbocycles. The van der Waals surface area contributed by atoms with Crippen LogP contribution in [0.5, 0.6) is 5.75 Å². The molecule has 4 aliphatic rings. The predicted octanol–water partition coefficient (Wildman–Crippen LogP) is 7.50. The molecule has 3 aliphatic carbocycles. The summed E-state index contributed by atoms with van der Waals surface area (Å²) in [5.74, 6) is 1.06. The Bertz CT molecular complexity index is 810. The Kier molecular flexibility index (Phi) is 4.99. The van der Waals surface area contributed by atoms with Gasteiger partial charge in [0.05, 0.1) is 17.8 Å². The molecule has 1 heterocycles. The topological polar surface area (TPSA) is 21.3 Å². The van der Waals surface area contributed by atoms with Crippen LogP contribution in [0.3, 0.4) is 0 Å². The molecule has 1 N–H and O–H groups in total. The second-order valence-corrected chi connectivity index (χ2v) is 9.23. The minimum Gasteiger partial charge on any atom is -0.494 e. The molecule has 1 aliphatic heterocycles. The summed E-state index contributed by atoms with van der Waals surface area (Å²) in [6.07, 6.45) is 19.6. The monoisotopic (exact) mass is 377 g/mol. The van der Waals surface area contributed by atoms with E-state index < -0.39 is 0 Å². The fourth-order valence-corrected chi connectivity index (χ4v) is 6.20. The molecule has 0 radical (unpaired) electrons. The van der Waals surface area contributed by atoms with Crippen molar-refractivity contribution >= 4 is 16.8 Å². The average molecular weight is 378 g/mol. The number of nitrogens with one attached hydrogen (secondary N) is 1. The maximum atomic E-state index is 6.04. The maximum absolute atomic E-state index is 6.04. The van der Waals surface area contributed by atoms with E-state index in [0.717, 1.165) is 12.4 Å². The van der Waals surface area contributed by atoms with Crippen molar-refractivity contribution in [2.45, 2.75) is 95.9 Å². The summed E-state index contributed by atoms with van der Waals surface area (Å²) in [5, 5.41) is 4.19. The smallest absolute Gasteiger partial charge is 0.120 e. The third kappa shape index (κ3) is 3.09. The normalized spacial score (nSPS) is 23.5. The Labute approximate surface area is 170 Å². The van der Waals surface area contributed by atoms with E-state index in [2.05, 4.69) is 30.4 Å². The molecule has 1 aromatic rings.